The van der Waals surface area contributed by atoms with E-state index in [4.69, 9.17) is 15.7 Å². The van der Waals surface area contributed by atoms with Gasteiger partial charge in [0.05, 0.1) is 10.5 Å². The van der Waals surface area contributed by atoms with E-state index in [-0.39, 0.29) is 11.2 Å². The second-order valence-corrected chi connectivity index (χ2v) is 11.6. The van der Waals surface area contributed by atoms with Crippen LogP contribution in [0.4, 0.5) is 34.9 Å². The SMILES string of the molecule is CCC(C)c1ccc(C(CC)(CC)Nc2nc(Nc3ccc([N+](=O)[O-])cc3)nc(Nc3ccc(C(N)(CC)CC)cc3)n2)cc1. The third-order valence-electron chi connectivity index (χ3n) is 9.15. The molecule has 0 aliphatic heterocycles. The molecule has 0 radical (unpaired) electrons. The van der Waals surface area contributed by atoms with Crippen LogP contribution < -0.4 is 21.7 Å². The van der Waals surface area contributed by atoms with Crippen LogP contribution in [0.3, 0.4) is 0 Å². The number of nitro benzene ring substituents is 1. The number of hydrogen-bond acceptors (Lipinski definition) is 9. The molecule has 1 heterocycles. The van der Waals surface area contributed by atoms with E-state index in [1.165, 1.54) is 17.7 Å². The van der Waals surface area contributed by atoms with Crippen LogP contribution in [0.5, 0.6) is 0 Å². The summed E-state index contributed by atoms with van der Waals surface area (Å²) in [4.78, 5) is 24.9. The van der Waals surface area contributed by atoms with Gasteiger partial charge in [-0.2, -0.15) is 15.0 Å². The minimum absolute atomic E-state index is 0.00650. The van der Waals surface area contributed by atoms with Crippen LogP contribution in [-0.2, 0) is 11.1 Å². The summed E-state index contributed by atoms with van der Waals surface area (Å²) in [6.07, 6.45) is 4.38. The van der Waals surface area contributed by atoms with Crippen molar-refractivity contribution in [2.45, 2.75) is 90.6 Å². The number of rotatable bonds is 15. The van der Waals surface area contributed by atoms with Gasteiger partial charge in [0.1, 0.15) is 0 Å². The van der Waals surface area contributed by atoms with E-state index in [1.54, 1.807) is 12.1 Å². The van der Waals surface area contributed by atoms with Crippen LogP contribution in [0.2, 0.25) is 0 Å². The molecule has 238 valence electrons. The van der Waals surface area contributed by atoms with E-state index in [0.717, 1.165) is 48.9 Å². The molecule has 1 aromatic heterocycles. The number of hydrogen-bond donors (Lipinski definition) is 4. The van der Waals surface area contributed by atoms with E-state index in [1.807, 2.05) is 24.3 Å². The van der Waals surface area contributed by atoms with Crippen molar-refractivity contribution in [3.63, 3.8) is 0 Å². The summed E-state index contributed by atoms with van der Waals surface area (Å²) in [5.74, 6) is 1.55. The highest BCUT2D eigenvalue weighted by atomic mass is 16.6. The molecule has 0 aliphatic carbocycles. The van der Waals surface area contributed by atoms with Crippen molar-refractivity contribution in [2.24, 2.45) is 5.73 Å². The van der Waals surface area contributed by atoms with Gasteiger partial charge in [0.25, 0.3) is 5.69 Å². The second kappa shape index (κ2) is 14.5. The Morgan fingerprint density at radius 1 is 0.711 bits per heavy atom. The van der Waals surface area contributed by atoms with Gasteiger partial charge in [-0.1, -0.05) is 77.9 Å². The molecule has 0 saturated heterocycles. The molecule has 0 saturated carbocycles. The number of anilines is 5. The zero-order valence-electron chi connectivity index (χ0n) is 27.2. The minimum atomic E-state index is -0.428. The molecular weight excluding hydrogens is 564 g/mol. The summed E-state index contributed by atoms with van der Waals surface area (Å²) in [6, 6.07) is 23.0. The molecule has 0 fully saturated rings. The van der Waals surface area contributed by atoms with Gasteiger partial charge in [0, 0.05) is 29.0 Å². The Labute approximate surface area is 266 Å². The molecule has 45 heavy (non-hydrogen) atoms. The third kappa shape index (κ3) is 7.75. The number of nitrogens with two attached hydrogens (primary N) is 1. The molecule has 4 rings (SSSR count). The molecule has 0 aliphatic rings. The Morgan fingerprint density at radius 3 is 1.62 bits per heavy atom. The molecule has 0 amide bonds. The molecule has 3 aromatic carbocycles. The summed E-state index contributed by atoms with van der Waals surface area (Å²) in [6.45, 7) is 12.9. The zero-order chi connectivity index (χ0) is 32.6. The van der Waals surface area contributed by atoms with Crippen LogP contribution in [0.15, 0.2) is 72.8 Å². The highest BCUT2D eigenvalue weighted by molar-refractivity contribution is 5.61. The van der Waals surface area contributed by atoms with Crippen molar-refractivity contribution in [1.82, 2.24) is 15.0 Å². The highest BCUT2D eigenvalue weighted by Gasteiger charge is 2.30. The standard InChI is InChI=1S/C35H46N8O2/c1-7-24(6)25-12-14-27(15-13-25)35(10-4,11-5)42-33-40-31(37-28-18-16-26(17-19-28)34(36,8-2)9-3)39-32(41-33)38-29-20-22-30(23-21-29)43(44)45/h12-24H,7-11,36H2,1-6H3,(H3,37,38,39,40,41,42). The Bertz CT molecular complexity index is 1550. The first kappa shape index (κ1) is 33.3. The lowest BCUT2D eigenvalue weighted by Gasteiger charge is -2.34. The smallest absolute Gasteiger partial charge is 0.269 e. The number of nitrogens with zero attached hydrogens (tertiary/aromatic N) is 4. The van der Waals surface area contributed by atoms with Crippen molar-refractivity contribution >= 4 is 34.9 Å². The maximum Gasteiger partial charge on any atom is 0.269 e. The fourth-order valence-electron chi connectivity index (χ4n) is 5.50. The van der Waals surface area contributed by atoms with Crippen molar-refractivity contribution in [1.29, 1.82) is 0 Å². The lowest BCUT2D eigenvalue weighted by molar-refractivity contribution is -0.384. The van der Waals surface area contributed by atoms with Gasteiger partial charge in [-0.15, -0.1) is 0 Å². The summed E-state index contributed by atoms with van der Waals surface area (Å²) < 4.78 is 0. The monoisotopic (exact) mass is 610 g/mol. The predicted molar refractivity (Wildman–Crippen MR) is 183 cm³/mol. The van der Waals surface area contributed by atoms with E-state index in [2.05, 4.69) is 86.7 Å². The summed E-state index contributed by atoms with van der Waals surface area (Å²) in [7, 11) is 0. The fraction of sp³-hybridized carbons (Fsp3) is 0.400. The van der Waals surface area contributed by atoms with Gasteiger partial charge in [0.2, 0.25) is 17.8 Å². The van der Waals surface area contributed by atoms with Crippen molar-refractivity contribution in [3.05, 3.63) is 99.6 Å². The summed E-state index contributed by atoms with van der Waals surface area (Å²) in [5.41, 5.74) is 10.8. The Morgan fingerprint density at radius 2 is 1.18 bits per heavy atom. The molecular formula is C35H46N8O2. The lowest BCUT2D eigenvalue weighted by Crippen LogP contribution is -2.35. The van der Waals surface area contributed by atoms with Gasteiger partial charge in [0.15, 0.2) is 0 Å². The van der Waals surface area contributed by atoms with Crippen LogP contribution in [0, 0.1) is 10.1 Å². The first-order chi connectivity index (χ1) is 21.6. The predicted octanol–water partition coefficient (Wildman–Crippen LogP) is 8.88. The quantitative estimate of drug-likeness (QED) is 0.0766. The molecule has 5 N–H and O–H groups in total. The lowest BCUT2D eigenvalue weighted by atomic mass is 9.83. The summed E-state index contributed by atoms with van der Waals surface area (Å²) in [5, 5.41) is 21.3. The van der Waals surface area contributed by atoms with Crippen molar-refractivity contribution < 1.29 is 4.92 Å². The van der Waals surface area contributed by atoms with Gasteiger partial charge >= 0.3 is 0 Å². The molecule has 1 atom stereocenters. The third-order valence-corrected chi connectivity index (χ3v) is 9.15. The van der Waals surface area contributed by atoms with Gasteiger partial charge in [-0.05, 0) is 79.0 Å². The largest absolute Gasteiger partial charge is 0.345 e. The number of nitro groups is 1. The van der Waals surface area contributed by atoms with Gasteiger partial charge < -0.3 is 21.7 Å². The van der Waals surface area contributed by atoms with Crippen molar-refractivity contribution in [3.8, 4) is 0 Å². The normalized spacial score (nSPS) is 12.4. The number of aromatic nitrogens is 3. The fourth-order valence-corrected chi connectivity index (χ4v) is 5.50. The van der Waals surface area contributed by atoms with Crippen molar-refractivity contribution in [2.75, 3.05) is 16.0 Å². The first-order valence-corrected chi connectivity index (χ1v) is 15.9. The maximum atomic E-state index is 11.1. The topological polar surface area (TPSA) is 144 Å². The molecule has 0 bridgehead atoms. The van der Waals surface area contributed by atoms with E-state index in [0.29, 0.717) is 29.5 Å². The Hall–Kier alpha value is -4.57. The highest BCUT2D eigenvalue weighted by Crippen LogP contribution is 2.34. The van der Waals surface area contributed by atoms with Crippen LogP contribution >= 0.6 is 0 Å². The molecule has 10 nitrogen and oxygen atoms in total. The number of benzene rings is 3. The minimum Gasteiger partial charge on any atom is -0.345 e. The average Bonchev–Trinajstić information content (AvgIpc) is 3.07. The first-order valence-electron chi connectivity index (χ1n) is 15.9. The number of nitrogens with one attached hydrogen (secondary N) is 3. The second-order valence-electron chi connectivity index (χ2n) is 11.6. The molecule has 10 heteroatoms. The molecule has 4 aromatic rings. The Balaban J connectivity index is 1.70. The van der Waals surface area contributed by atoms with Crippen LogP contribution in [0.1, 0.15) is 96.3 Å². The van der Waals surface area contributed by atoms with E-state index < -0.39 is 10.5 Å². The Kier molecular flexibility index (Phi) is 10.7. The van der Waals surface area contributed by atoms with Gasteiger partial charge in [-0.3, -0.25) is 10.1 Å². The van der Waals surface area contributed by atoms with Gasteiger partial charge in [-0.25, -0.2) is 0 Å². The number of non-ortho nitro benzene ring substituents is 1. The summed E-state index contributed by atoms with van der Waals surface area (Å²) >= 11 is 0. The van der Waals surface area contributed by atoms with Crippen LogP contribution in [0.25, 0.3) is 0 Å². The molecule has 1 unspecified atom stereocenters. The molecule has 0 spiro atoms. The maximum absolute atomic E-state index is 11.1. The zero-order valence-corrected chi connectivity index (χ0v) is 27.2. The van der Waals surface area contributed by atoms with E-state index >= 15 is 0 Å². The van der Waals surface area contributed by atoms with E-state index in [9.17, 15) is 10.1 Å². The average molecular weight is 611 g/mol. The van der Waals surface area contributed by atoms with Crippen LogP contribution in [-0.4, -0.2) is 19.9 Å².